The summed E-state index contributed by atoms with van der Waals surface area (Å²) < 4.78 is 2.17. The number of hydrogen-bond donors (Lipinski definition) is 1. The molecular formula is C26H31N9O. The first kappa shape index (κ1) is 21.7. The second-order valence-electron chi connectivity index (χ2n) is 10.5. The van der Waals surface area contributed by atoms with Gasteiger partial charge in [-0.3, -0.25) is 19.6 Å². The summed E-state index contributed by atoms with van der Waals surface area (Å²) in [6.45, 7) is 6.11. The van der Waals surface area contributed by atoms with E-state index < -0.39 is 0 Å². The fourth-order valence-corrected chi connectivity index (χ4v) is 5.73. The number of piperidine rings is 1. The standard InChI is InChI=1S/C26H31N9O/c1-16-19-6-2-3-7-20(19)30-21(29-16)15-35-24(36)22-23(33-12-10-28-25(33)35)31-26(34(22)13-17-8-9-17)32-11-4-5-18(27)14-32/h2-3,6-7,17-18H,4-5,8-15,27H2,1H3/t18-/m1/s1. The van der Waals surface area contributed by atoms with Crippen molar-refractivity contribution in [1.82, 2.24) is 24.4 Å². The molecule has 186 valence electrons. The number of guanidine groups is 1. The highest BCUT2D eigenvalue weighted by Gasteiger charge is 2.44. The first-order chi connectivity index (χ1) is 17.6. The topological polar surface area (TPSA) is 109 Å². The molecular weight excluding hydrogens is 454 g/mol. The molecule has 10 heteroatoms. The number of benzene rings is 1. The number of carbonyl (C=O) groups excluding carboxylic acids is 1. The number of amides is 1. The van der Waals surface area contributed by atoms with Gasteiger partial charge in [0.05, 0.1) is 18.6 Å². The Bertz CT molecular complexity index is 1390. The van der Waals surface area contributed by atoms with Crippen molar-refractivity contribution in [1.29, 1.82) is 0 Å². The highest BCUT2D eigenvalue weighted by atomic mass is 16.2. The van der Waals surface area contributed by atoms with Crippen molar-refractivity contribution < 1.29 is 4.79 Å². The van der Waals surface area contributed by atoms with Gasteiger partial charge in [0.25, 0.3) is 5.91 Å². The summed E-state index contributed by atoms with van der Waals surface area (Å²) >= 11 is 0. The van der Waals surface area contributed by atoms with Crippen molar-refractivity contribution in [2.24, 2.45) is 16.6 Å². The third-order valence-electron chi connectivity index (χ3n) is 7.71. The van der Waals surface area contributed by atoms with E-state index in [0.717, 1.165) is 60.8 Å². The van der Waals surface area contributed by atoms with E-state index >= 15 is 0 Å². The number of anilines is 2. The molecule has 10 nitrogen and oxygen atoms in total. The van der Waals surface area contributed by atoms with Crippen LogP contribution in [0.2, 0.25) is 0 Å². The predicted molar refractivity (Wildman–Crippen MR) is 138 cm³/mol. The van der Waals surface area contributed by atoms with Crippen LogP contribution in [0.3, 0.4) is 0 Å². The Balaban J connectivity index is 1.30. The molecule has 4 aliphatic rings. The van der Waals surface area contributed by atoms with Crippen LogP contribution >= 0.6 is 0 Å². The van der Waals surface area contributed by atoms with Gasteiger partial charge in [0.2, 0.25) is 11.9 Å². The Morgan fingerprint density at radius 1 is 1.08 bits per heavy atom. The summed E-state index contributed by atoms with van der Waals surface area (Å²) in [4.78, 5) is 39.6. The minimum absolute atomic E-state index is 0.0722. The molecule has 2 fully saturated rings. The molecule has 0 bridgehead atoms. The molecule has 36 heavy (non-hydrogen) atoms. The molecule has 7 rings (SSSR count). The maximum Gasteiger partial charge on any atom is 0.281 e. The summed E-state index contributed by atoms with van der Waals surface area (Å²) in [5, 5.41) is 1.03. The quantitative estimate of drug-likeness (QED) is 0.591. The zero-order valence-electron chi connectivity index (χ0n) is 20.6. The van der Waals surface area contributed by atoms with Crippen LogP contribution in [0.4, 0.5) is 11.8 Å². The Morgan fingerprint density at radius 3 is 2.78 bits per heavy atom. The van der Waals surface area contributed by atoms with Crippen LogP contribution in [0.5, 0.6) is 0 Å². The third-order valence-corrected chi connectivity index (χ3v) is 7.71. The van der Waals surface area contributed by atoms with Crippen LogP contribution in [0.25, 0.3) is 10.9 Å². The molecule has 0 radical (unpaired) electrons. The van der Waals surface area contributed by atoms with Gasteiger partial charge < -0.3 is 15.2 Å². The number of rotatable bonds is 5. The van der Waals surface area contributed by atoms with E-state index in [0.29, 0.717) is 36.5 Å². The number of nitrogens with two attached hydrogens (primary N) is 1. The van der Waals surface area contributed by atoms with E-state index in [1.165, 1.54) is 12.8 Å². The number of aliphatic imine (C=N–C) groups is 1. The predicted octanol–water partition coefficient (Wildman–Crippen LogP) is 2.30. The number of hydrogen-bond acceptors (Lipinski definition) is 8. The van der Waals surface area contributed by atoms with E-state index in [4.69, 9.17) is 25.7 Å². The zero-order chi connectivity index (χ0) is 24.4. The molecule has 1 aliphatic carbocycles. The Labute approximate surface area is 209 Å². The number of aryl methyl sites for hydroxylation is 1. The molecule has 1 aromatic carbocycles. The summed E-state index contributed by atoms with van der Waals surface area (Å²) in [6.07, 6.45) is 4.46. The number of aromatic nitrogens is 4. The summed E-state index contributed by atoms with van der Waals surface area (Å²) in [5.74, 6) is 3.41. The van der Waals surface area contributed by atoms with Gasteiger partial charge in [0.1, 0.15) is 5.82 Å². The summed E-state index contributed by atoms with van der Waals surface area (Å²) in [5.41, 5.74) is 8.78. The summed E-state index contributed by atoms with van der Waals surface area (Å²) in [6, 6.07) is 8.12. The first-order valence-corrected chi connectivity index (χ1v) is 13.0. The Hall–Kier alpha value is -3.53. The van der Waals surface area contributed by atoms with Crippen LogP contribution < -0.4 is 15.5 Å². The molecule has 1 amide bonds. The number of fused-ring (bicyclic) bond motifs is 4. The van der Waals surface area contributed by atoms with Crippen molar-refractivity contribution in [2.45, 2.75) is 51.7 Å². The molecule has 3 aliphatic heterocycles. The summed E-state index contributed by atoms with van der Waals surface area (Å²) in [7, 11) is 0. The van der Waals surface area contributed by atoms with Gasteiger partial charge in [0, 0.05) is 43.3 Å². The normalized spacial score (nSPS) is 21.7. The lowest BCUT2D eigenvalue weighted by molar-refractivity contribution is 0.0819. The molecule has 3 aromatic rings. The number of para-hydroxylation sites is 1. The second-order valence-corrected chi connectivity index (χ2v) is 10.5. The monoisotopic (exact) mass is 485 g/mol. The van der Waals surface area contributed by atoms with Gasteiger partial charge in [-0.2, -0.15) is 4.98 Å². The van der Waals surface area contributed by atoms with Crippen molar-refractivity contribution in [3.63, 3.8) is 0 Å². The zero-order valence-corrected chi connectivity index (χ0v) is 20.6. The maximum atomic E-state index is 14.2. The first-order valence-electron chi connectivity index (χ1n) is 13.0. The number of nitrogens with zero attached hydrogens (tertiary/aromatic N) is 8. The van der Waals surface area contributed by atoms with Gasteiger partial charge in [-0.05, 0) is 44.6 Å². The lowest BCUT2D eigenvalue weighted by Crippen LogP contribution is -2.50. The minimum Gasteiger partial charge on any atom is -0.341 e. The molecule has 1 atom stereocenters. The van der Waals surface area contributed by atoms with Gasteiger partial charge in [0.15, 0.2) is 11.5 Å². The van der Waals surface area contributed by atoms with Crippen LogP contribution in [-0.4, -0.2) is 68.5 Å². The average molecular weight is 486 g/mol. The van der Waals surface area contributed by atoms with Gasteiger partial charge in [-0.15, -0.1) is 0 Å². The highest BCUT2D eigenvalue weighted by molar-refractivity contribution is 6.18. The second kappa shape index (κ2) is 8.26. The third kappa shape index (κ3) is 3.54. The van der Waals surface area contributed by atoms with Crippen LogP contribution in [0.1, 0.15) is 47.7 Å². The largest absolute Gasteiger partial charge is 0.341 e. The van der Waals surface area contributed by atoms with Gasteiger partial charge in [-0.1, -0.05) is 18.2 Å². The molecule has 0 spiro atoms. The smallest absolute Gasteiger partial charge is 0.281 e. The number of imidazole rings is 1. The molecule has 1 saturated carbocycles. The van der Waals surface area contributed by atoms with Crippen molar-refractivity contribution >= 4 is 34.5 Å². The fraction of sp³-hybridized carbons (Fsp3) is 0.500. The number of carbonyl (C=O) groups is 1. The van der Waals surface area contributed by atoms with E-state index in [9.17, 15) is 4.79 Å². The van der Waals surface area contributed by atoms with Crippen LogP contribution in [0, 0.1) is 12.8 Å². The fourth-order valence-electron chi connectivity index (χ4n) is 5.73. The van der Waals surface area contributed by atoms with Gasteiger partial charge in [-0.25, -0.2) is 9.97 Å². The molecule has 2 aromatic heterocycles. The van der Waals surface area contributed by atoms with Crippen molar-refractivity contribution in [3.05, 3.63) is 41.5 Å². The van der Waals surface area contributed by atoms with E-state index in [-0.39, 0.29) is 18.5 Å². The Kier molecular flexibility index (Phi) is 4.99. The van der Waals surface area contributed by atoms with Crippen molar-refractivity contribution in [3.8, 4) is 0 Å². The van der Waals surface area contributed by atoms with E-state index in [1.807, 2.05) is 31.2 Å². The highest BCUT2D eigenvalue weighted by Crippen LogP contribution is 2.39. The molecule has 5 heterocycles. The van der Waals surface area contributed by atoms with E-state index in [2.05, 4.69) is 14.4 Å². The maximum absolute atomic E-state index is 14.2. The minimum atomic E-state index is -0.0722. The Morgan fingerprint density at radius 2 is 1.94 bits per heavy atom. The van der Waals surface area contributed by atoms with Crippen LogP contribution in [-0.2, 0) is 13.1 Å². The van der Waals surface area contributed by atoms with Crippen molar-refractivity contribution in [2.75, 3.05) is 36.0 Å². The molecule has 2 N–H and O–H groups in total. The van der Waals surface area contributed by atoms with E-state index in [1.54, 1.807) is 4.90 Å². The molecule has 1 saturated heterocycles. The van der Waals surface area contributed by atoms with Crippen LogP contribution in [0.15, 0.2) is 29.3 Å². The van der Waals surface area contributed by atoms with Gasteiger partial charge >= 0.3 is 0 Å². The lowest BCUT2D eigenvalue weighted by atomic mass is 10.1. The molecule has 0 unspecified atom stereocenters. The average Bonchev–Trinajstić information content (AvgIpc) is 3.41. The SMILES string of the molecule is Cc1nc(CN2C(=O)c3c(nc(N4CCC[C@@H](N)C4)n3CC3CC3)N3CCN=C23)nc2ccccc12. The lowest BCUT2D eigenvalue weighted by Gasteiger charge is -2.33.